The lowest BCUT2D eigenvalue weighted by molar-refractivity contribution is 0.794. The Hall–Kier alpha value is -0.700. The maximum Gasteiger partial charge on any atom is -0.0195 e. The lowest BCUT2D eigenvalue weighted by Crippen LogP contribution is -2.16. The molecule has 0 saturated heterocycles. The van der Waals surface area contributed by atoms with Crippen molar-refractivity contribution in [3.8, 4) is 0 Å². The van der Waals surface area contributed by atoms with Crippen molar-refractivity contribution < 1.29 is 0 Å². The minimum absolute atomic E-state index is 0.197. The second kappa shape index (κ2) is 7.35. The molecule has 1 atom stereocenters. The molecule has 0 aliphatic carbocycles. The van der Waals surface area contributed by atoms with Crippen LogP contribution in [0.1, 0.15) is 20.8 Å². The Balaban J connectivity index is 2.13. The molecule has 0 radical (unpaired) electrons. The van der Waals surface area contributed by atoms with Crippen molar-refractivity contribution >= 4 is 27.1 Å². The van der Waals surface area contributed by atoms with Crippen LogP contribution in [0.25, 0.3) is 0 Å². The molecule has 0 amide bonds. The van der Waals surface area contributed by atoms with Gasteiger partial charge in [0.25, 0.3) is 0 Å². The molecule has 0 fully saturated rings. The summed E-state index contributed by atoms with van der Waals surface area (Å²) in [5.41, 5.74) is 0. The second-order valence-corrected chi connectivity index (χ2v) is 10.7. The molecule has 20 heavy (non-hydrogen) atoms. The normalized spacial score (nSPS) is 12.4. The molecule has 0 heterocycles. The lowest BCUT2D eigenvalue weighted by atomic mass is 10.3. The van der Waals surface area contributed by atoms with Crippen molar-refractivity contribution in [2.24, 2.45) is 0 Å². The summed E-state index contributed by atoms with van der Waals surface area (Å²) >= 11 is 0. The van der Waals surface area contributed by atoms with Crippen LogP contribution in [-0.2, 0) is 0 Å². The molecule has 1 unspecified atom stereocenters. The molecule has 2 rings (SSSR count). The highest BCUT2D eigenvalue weighted by Gasteiger charge is 2.15. The molecule has 106 valence electrons. The molecule has 0 saturated carbocycles. The van der Waals surface area contributed by atoms with Crippen molar-refractivity contribution in [1.82, 2.24) is 0 Å². The summed E-state index contributed by atoms with van der Waals surface area (Å²) in [6.45, 7) is 7.04. The van der Waals surface area contributed by atoms with Gasteiger partial charge in [0.1, 0.15) is 0 Å². The molecule has 0 nitrogen and oxygen atoms in total. The van der Waals surface area contributed by atoms with Gasteiger partial charge in [-0.15, -0.1) is 8.58 Å². The average molecular weight is 302 g/mol. The third kappa shape index (κ3) is 5.01. The highest BCUT2D eigenvalue weighted by atomic mass is 31.1. The predicted octanol–water partition coefficient (Wildman–Crippen LogP) is 4.60. The van der Waals surface area contributed by atoms with Crippen LogP contribution in [-0.4, -0.2) is 17.5 Å². The van der Waals surface area contributed by atoms with E-state index in [1.807, 2.05) is 0 Å². The van der Waals surface area contributed by atoms with Crippen molar-refractivity contribution in [3.05, 3.63) is 60.7 Å². The fourth-order valence-corrected chi connectivity index (χ4v) is 6.14. The first-order valence-corrected chi connectivity index (χ1v) is 9.92. The van der Waals surface area contributed by atoms with Gasteiger partial charge in [-0.05, 0) is 36.0 Å². The molecule has 2 heteroatoms. The summed E-state index contributed by atoms with van der Waals surface area (Å²) in [4.78, 5) is 0. The molecule has 0 bridgehead atoms. The molecule has 2 aromatic carbocycles. The zero-order valence-electron chi connectivity index (χ0n) is 12.6. The van der Waals surface area contributed by atoms with Gasteiger partial charge in [-0.2, -0.15) is 0 Å². The number of hydrogen-bond donors (Lipinski definition) is 0. The van der Waals surface area contributed by atoms with Gasteiger partial charge in [0, 0.05) is 0 Å². The van der Waals surface area contributed by atoms with Crippen molar-refractivity contribution in [1.29, 1.82) is 0 Å². The molecule has 0 aliphatic heterocycles. The van der Waals surface area contributed by atoms with Crippen LogP contribution in [0.15, 0.2) is 60.7 Å². The van der Waals surface area contributed by atoms with Gasteiger partial charge in [0.05, 0.1) is 0 Å². The van der Waals surface area contributed by atoms with Crippen LogP contribution in [0.5, 0.6) is 0 Å². The van der Waals surface area contributed by atoms with E-state index in [4.69, 9.17) is 0 Å². The van der Waals surface area contributed by atoms with Gasteiger partial charge in [0.2, 0.25) is 0 Å². The number of benzene rings is 2. The van der Waals surface area contributed by atoms with Crippen LogP contribution in [0.4, 0.5) is 0 Å². The number of hydrogen-bond acceptors (Lipinski definition) is 0. The lowest BCUT2D eigenvalue weighted by Gasteiger charge is -2.22. The standard InChI is InChI=1S/C18H24P2/c1-18(2,3)19-14-15-20(16-10-6-4-7-11-16)17-12-8-5-9-13-17/h4-13,19H,14-15H2,1-3H3. The van der Waals surface area contributed by atoms with Gasteiger partial charge in [-0.25, -0.2) is 0 Å². The molecule has 0 aromatic heterocycles. The van der Waals surface area contributed by atoms with Crippen LogP contribution in [0.2, 0.25) is 0 Å². The second-order valence-electron chi connectivity index (χ2n) is 6.00. The fraction of sp³-hybridized carbons (Fsp3) is 0.333. The largest absolute Gasteiger partial charge is 0.116 e. The number of rotatable bonds is 5. The van der Waals surface area contributed by atoms with Crippen LogP contribution < -0.4 is 10.6 Å². The van der Waals surface area contributed by atoms with E-state index in [9.17, 15) is 0 Å². The van der Waals surface area contributed by atoms with E-state index in [2.05, 4.69) is 81.4 Å². The van der Waals surface area contributed by atoms with Crippen LogP contribution in [0.3, 0.4) is 0 Å². The van der Waals surface area contributed by atoms with Gasteiger partial charge in [0.15, 0.2) is 0 Å². The minimum Gasteiger partial charge on any atom is -0.116 e. The summed E-state index contributed by atoms with van der Waals surface area (Å²) in [5.74, 6) is 0. The first kappa shape index (κ1) is 15.7. The summed E-state index contributed by atoms with van der Waals surface area (Å²) < 4.78 is 0. The minimum atomic E-state index is -0.197. The van der Waals surface area contributed by atoms with Gasteiger partial charge >= 0.3 is 0 Å². The Labute approximate surface area is 126 Å². The van der Waals surface area contributed by atoms with E-state index < -0.39 is 0 Å². The Morgan fingerprint density at radius 3 is 1.65 bits per heavy atom. The molecular formula is C18H24P2. The summed E-state index contributed by atoms with van der Waals surface area (Å²) in [6, 6.07) is 22.0. The van der Waals surface area contributed by atoms with Gasteiger partial charge < -0.3 is 0 Å². The molecule has 0 spiro atoms. The third-order valence-corrected chi connectivity index (χ3v) is 7.62. The highest BCUT2D eigenvalue weighted by Crippen LogP contribution is 2.38. The fourth-order valence-electron chi connectivity index (χ4n) is 2.17. The Morgan fingerprint density at radius 2 is 1.25 bits per heavy atom. The zero-order chi connectivity index (χ0) is 14.4. The summed E-state index contributed by atoms with van der Waals surface area (Å²) in [5, 5.41) is 3.48. The third-order valence-electron chi connectivity index (χ3n) is 3.13. The molecule has 0 aliphatic rings. The van der Waals surface area contributed by atoms with E-state index in [0.29, 0.717) is 5.16 Å². The summed E-state index contributed by atoms with van der Waals surface area (Å²) in [6.07, 6.45) is 2.64. The van der Waals surface area contributed by atoms with Crippen LogP contribution >= 0.6 is 16.5 Å². The molecular weight excluding hydrogens is 278 g/mol. The van der Waals surface area contributed by atoms with Gasteiger partial charge in [-0.1, -0.05) is 81.4 Å². The predicted molar refractivity (Wildman–Crippen MR) is 96.9 cm³/mol. The molecule has 0 N–H and O–H groups in total. The Kier molecular flexibility index (Phi) is 5.76. The maximum absolute atomic E-state index is 2.35. The van der Waals surface area contributed by atoms with Crippen molar-refractivity contribution in [2.45, 2.75) is 25.9 Å². The average Bonchev–Trinajstić information content (AvgIpc) is 2.44. The highest BCUT2D eigenvalue weighted by molar-refractivity contribution is 7.73. The first-order valence-electron chi connectivity index (χ1n) is 7.19. The monoisotopic (exact) mass is 302 g/mol. The van der Waals surface area contributed by atoms with E-state index >= 15 is 0 Å². The molecule has 2 aromatic rings. The Bertz CT molecular complexity index is 460. The topological polar surface area (TPSA) is 0 Å². The maximum atomic E-state index is 2.35. The Morgan fingerprint density at radius 1 is 0.800 bits per heavy atom. The van der Waals surface area contributed by atoms with E-state index in [1.165, 1.54) is 22.9 Å². The van der Waals surface area contributed by atoms with E-state index in [1.54, 1.807) is 0 Å². The quantitative estimate of drug-likeness (QED) is 0.708. The van der Waals surface area contributed by atoms with Crippen molar-refractivity contribution in [3.63, 3.8) is 0 Å². The smallest absolute Gasteiger partial charge is 0.0195 e. The van der Waals surface area contributed by atoms with E-state index in [0.717, 1.165) is 8.58 Å². The van der Waals surface area contributed by atoms with E-state index in [-0.39, 0.29) is 7.92 Å². The first-order chi connectivity index (χ1) is 9.56. The zero-order valence-corrected chi connectivity index (χ0v) is 14.5. The SMILES string of the molecule is CC(C)(C)PCCP(c1ccccc1)c1ccccc1. The van der Waals surface area contributed by atoms with Crippen LogP contribution in [0, 0.1) is 0 Å². The van der Waals surface area contributed by atoms with Gasteiger partial charge in [-0.3, -0.25) is 0 Å². The summed E-state index contributed by atoms with van der Waals surface area (Å²) in [7, 11) is 0.843. The van der Waals surface area contributed by atoms with Crippen molar-refractivity contribution in [2.75, 3.05) is 12.3 Å².